The standard InChI is InChI=1S/C13H19F3N2O/c1-12(2,3)11(18-17)8-9-4-6-10(7-5-9)19-13(14,15)16/h4-7,11,18H,8,17H2,1-3H3. The first kappa shape index (κ1) is 15.8. The summed E-state index contributed by atoms with van der Waals surface area (Å²) in [6.45, 7) is 6.12. The maximum Gasteiger partial charge on any atom is 0.573 e. The molecule has 1 unspecified atom stereocenters. The van der Waals surface area contributed by atoms with Gasteiger partial charge in [-0.2, -0.15) is 0 Å². The van der Waals surface area contributed by atoms with Crippen LogP contribution in [0.1, 0.15) is 26.3 Å². The van der Waals surface area contributed by atoms with Crippen molar-refractivity contribution in [2.45, 2.75) is 39.6 Å². The highest BCUT2D eigenvalue weighted by Crippen LogP contribution is 2.25. The molecule has 1 aromatic rings. The maximum atomic E-state index is 12.0. The van der Waals surface area contributed by atoms with Gasteiger partial charge >= 0.3 is 6.36 Å². The lowest BCUT2D eigenvalue weighted by molar-refractivity contribution is -0.274. The van der Waals surface area contributed by atoms with E-state index in [1.165, 1.54) is 12.1 Å². The van der Waals surface area contributed by atoms with Gasteiger partial charge in [-0.25, -0.2) is 0 Å². The van der Waals surface area contributed by atoms with Crippen molar-refractivity contribution >= 4 is 0 Å². The molecule has 0 saturated heterocycles. The highest BCUT2D eigenvalue weighted by molar-refractivity contribution is 5.28. The Morgan fingerprint density at radius 1 is 1.16 bits per heavy atom. The van der Waals surface area contributed by atoms with Crippen molar-refractivity contribution < 1.29 is 17.9 Å². The van der Waals surface area contributed by atoms with Crippen LogP contribution in [0.2, 0.25) is 0 Å². The highest BCUT2D eigenvalue weighted by Gasteiger charge is 2.31. The van der Waals surface area contributed by atoms with Crippen LogP contribution in [0.15, 0.2) is 24.3 Å². The van der Waals surface area contributed by atoms with Crippen LogP contribution >= 0.6 is 0 Å². The SMILES string of the molecule is CC(C)(C)C(Cc1ccc(OC(F)(F)F)cc1)NN. The average Bonchev–Trinajstić information content (AvgIpc) is 2.24. The van der Waals surface area contributed by atoms with Gasteiger partial charge in [0, 0.05) is 6.04 Å². The number of benzene rings is 1. The van der Waals surface area contributed by atoms with E-state index in [1.54, 1.807) is 12.1 Å². The third-order valence-electron chi connectivity index (χ3n) is 2.84. The van der Waals surface area contributed by atoms with Crippen LogP contribution in [-0.4, -0.2) is 12.4 Å². The van der Waals surface area contributed by atoms with Crippen LogP contribution in [0.5, 0.6) is 5.75 Å². The lowest BCUT2D eigenvalue weighted by atomic mass is 9.83. The molecule has 0 heterocycles. The van der Waals surface area contributed by atoms with E-state index in [1.807, 2.05) is 20.8 Å². The van der Waals surface area contributed by atoms with Gasteiger partial charge in [0.25, 0.3) is 0 Å². The van der Waals surface area contributed by atoms with Crippen molar-refractivity contribution in [2.75, 3.05) is 0 Å². The fourth-order valence-corrected chi connectivity index (χ4v) is 1.68. The molecule has 0 radical (unpaired) electrons. The minimum absolute atomic E-state index is 0.0295. The molecule has 0 bridgehead atoms. The van der Waals surface area contributed by atoms with Gasteiger partial charge in [-0.05, 0) is 29.5 Å². The fourth-order valence-electron chi connectivity index (χ4n) is 1.68. The molecular formula is C13H19F3N2O. The summed E-state index contributed by atoms with van der Waals surface area (Å²) in [5.41, 5.74) is 3.58. The zero-order valence-electron chi connectivity index (χ0n) is 11.2. The Morgan fingerprint density at radius 2 is 1.68 bits per heavy atom. The maximum absolute atomic E-state index is 12.0. The molecule has 0 fully saturated rings. The molecule has 3 N–H and O–H groups in total. The highest BCUT2D eigenvalue weighted by atomic mass is 19.4. The van der Waals surface area contributed by atoms with Gasteiger partial charge < -0.3 is 4.74 Å². The number of nitrogens with two attached hydrogens (primary N) is 1. The molecule has 0 aromatic heterocycles. The first-order valence-electron chi connectivity index (χ1n) is 5.92. The molecule has 3 nitrogen and oxygen atoms in total. The van der Waals surface area contributed by atoms with E-state index in [2.05, 4.69) is 10.2 Å². The molecule has 1 aromatic carbocycles. The minimum atomic E-state index is -4.66. The summed E-state index contributed by atoms with van der Waals surface area (Å²) in [5.74, 6) is 5.28. The summed E-state index contributed by atoms with van der Waals surface area (Å²) >= 11 is 0. The Balaban J connectivity index is 2.71. The first-order chi connectivity index (χ1) is 8.62. The number of hydrazine groups is 1. The van der Waals surface area contributed by atoms with Gasteiger partial charge in [0.1, 0.15) is 5.75 Å². The number of ether oxygens (including phenoxy) is 1. The fraction of sp³-hybridized carbons (Fsp3) is 0.538. The van der Waals surface area contributed by atoms with E-state index in [9.17, 15) is 13.2 Å². The smallest absolute Gasteiger partial charge is 0.406 e. The van der Waals surface area contributed by atoms with Gasteiger partial charge in [0.05, 0.1) is 0 Å². The summed E-state index contributed by atoms with van der Waals surface area (Å²) in [6, 6.07) is 5.86. The average molecular weight is 276 g/mol. The zero-order chi connectivity index (χ0) is 14.7. The number of rotatable bonds is 4. The van der Waals surface area contributed by atoms with Crippen LogP contribution in [0.25, 0.3) is 0 Å². The van der Waals surface area contributed by atoms with Gasteiger partial charge in [-0.1, -0.05) is 32.9 Å². The second-order valence-corrected chi connectivity index (χ2v) is 5.48. The molecule has 0 amide bonds. The first-order valence-corrected chi connectivity index (χ1v) is 5.92. The lowest BCUT2D eigenvalue weighted by Crippen LogP contribution is -2.45. The number of alkyl halides is 3. The van der Waals surface area contributed by atoms with Crippen molar-refractivity contribution in [1.82, 2.24) is 5.43 Å². The molecule has 19 heavy (non-hydrogen) atoms. The summed E-state index contributed by atoms with van der Waals surface area (Å²) in [5, 5.41) is 0. The Bertz CT molecular complexity index is 396. The van der Waals surface area contributed by atoms with E-state index < -0.39 is 6.36 Å². The lowest BCUT2D eigenvalue weighted by Gasteiger charge is -2.30. The quantitative estimate of drug-likeness (QED) is 0.656. The Hall–Kier alpha value is -1.27. The number of hydrogen-bond donors (Lipinski definition) is 2. The summed E-state index contributed by atoms with van der Waals surface area (Å²) in [7, 11) is 0. The second kappa shape index (κ2) is 5.79. The van der Waals surface area contributed by atoms with Crippen LogP contribution < -0.4 is 16.0 Å². The van der Waals surface area contributed by atoms with Gasteiger partial charge in [-0.3, -0.25) is 11.3 Å². The summed E-state index contributed by atoms with van der Waals surface area (Å²) < 4.78 is 39.9. The van der Waals surface area contributed by atoms with Crippen molar-refractivity contribution in [3.8, 4) is 5.75 Å². The van der Waals surface area contributed by atoms with Gasteiger partial charge in [0.2, 0.25) is 0 Å². The van der Waals surface area contributed by atoms with Crippen LogP contribution in [-0.2, 0) is 6.42 Å². The largest absolute Gasteiger partial charge is 0.573 e. The third kappa shape index (κ3) is 5.48. The van der Waals surface area contributed by atoms with E-state index in [4.69, 9.17) is 5.84 Å². The van der Waals surface area contributed by atoms with Crippen molar-refractivity contribution in [3.63, 3.8) is 0 Å². The van der Waals surface area contributed by atoms with E-state index in [0.29, 0.717) is 6.42 Å². The number of hydrogen-bond acceptors (Lipinski definition) is 3. The minimum Gasteiger partial charge on any atom is -0.406 e. The molecule has 1 rings (SSSR count). The predicted octanol–water partition coefficient (Wildman–Crippen LogP) is 3.01. The molecule has 0 spiro atoms. The van der Waals surface area contributed by atoms with Crippen LogP contribution in [0, 0.1) is 5.41 Å². The molecule has 0 aliphatic heterocycles. The normalized spacial score (nSPS) is 14.3. The summed E-state index contributed by atoms with van der Waals surface area (Å²) in [6.07, 6.45) is -4.03. The van der Waals surface area contributed by atoms with Crippen molar-refractivity contribution in [1.29, 1.82) is 0 Å². The molecule has 0 aliphatic carbocycles. The summed E-state index contributed by atoms with van der Waals surface area (Å²) in [4.78, 5) is 0. The molecule has 0 saturated carbocycles. The van der Waals surface area contributed by atoms with E-state index in [0.717, 1.165) is 5.56 Å². The van der Waals surface area contributed by atoms with Gasteiger partial charge in [0.15, 0.2) is 0 Å². The van der Waals surface area contributed by atoms with E-state index in [-0.39, 0.29) is 17.2 Å². The van der Waals surface area contributed by atoms with Crippen LogP contribution in [0.4, 0.5) is 13.2 Å². The Kier molecular flexibility index (Phi) is 4.81. The zero-order valence-corrected chi connectivity index (χ0v) is 11.2. The molecule has 108 valence electrons. The second-order valence-electron chi connectivity index (χ2n) is 5.48. The van der Waals surface area contributed by atoms with Crippen LogP contribution in [0.3, 0.4) is 0 Å². The monoisotopic (exact) mass is 276 g/mol. The topological polar surface area (TPSA) is 47.3 Å². The molecule has 1 atom stereocenters. The third-order valence-corrected chi connectivity index (χ3v) is 2.84. The van der Waals surface area contributed by atoms with Crippen molar-refractivity contribution in [2.24, 2.45) is 11.3 Å². The predicted molar refractivity (Wildman–Crippen MR) is 67.4 cm³/mol. The molecular weight excluding hydrogens is 257 g/mol. The Morgan fingerprint density at radius 3 is 2.05 bits per heavy atom. The van der Waals surface area contributed by atoms with E-state index >= 15 is 0 Å². The Labute approximate surface area is 110 Å². The van der Waals surface area contributed by atoms with Crippen molar-refractivity contribution in [3.05, 3.63) is 29.8 Å². The molecule has 0 aliphatic rings. The van der Waals surface area contributed by atoms with Gasteiger partial charge in [-0.15, -0.1) is 13.2 Å². The molecule has 6 heteroatoms. The number of halogens is 3. The number of nitrogens with one attached hydrogen (secondary N) is 1.